The molecule has 0 bridgehead atoms. The predicted molar refractivity (Wildman–Crippen MR) is 113 cm³/mol. The SMILES string of the molecule is CN=C(NCCCCn1cnnc1)NC1CCN(CC(C)C)CC1.I. The van der Waals surface area contributed by atoms with E-state index in [0.717, 1.165) is 37.8 Å². The summed E-state index contributed by atoms with van der Waals surface area (Å²) in [6.07, 6.45) is 8.13. The van der Waals surface area contributed by atoms with Crippen molar-refractivity contribution < 1.29 is 0 Å². The molecular formula is C17H34IN7. The molecule has 2 heterocycles. The second-order valence-corrected chi connectivity index (χ2v) is 7.02. The van der Waals surface area contributed by atoms with Crippen molar-refractivity contribution in [1.82, 2.24) is 30.3 Å². The Kier molecular flexibility index (Phi) is 11.0. The number of halogens is 1. The van der Waals surface area contributed by atoms with E-state index in [1.165, 1.54) is 32.5 Å². The fourth-order valence-electron chi connectivity index (χ4n) is 3.13. The molecule has 0 atom stereocenters. The molecule has 25 heavy (non-hydrogen) atoms. The van der Waals surface area contributed by atoms with Gasteiger partial charge < -0.3 is 20.1 Å². The summed E-state index contributed by atoms with van der Waals surface area (Å²) in [6.45, 7) is 10.1. The zero-order chi connectivity index (χ0) is 17.2. The number of unbranched alkanes of at least 4 members (excludes halogenated alkanes) is 1. The first kappa shape index (κ1) is 22.1. The molecule has 1 aromatic heterocycles. The Morgan fingerprint density at radius 2 is 1.88 bits per heavy atom. The number of piperidine rings is 1. The van der Waals surface area contributed by atoms with Crippen LogP contribution in [-0.4, -0.2) is 64.9 Å². The number of guanidine groups is 1. The van der Waals surface area contributed by atoms with E-state index in [2.05, 4.69) is 44.6 Å². The van der Waals surface area contributed by atoms with Crippen LogP contribution in [0.25, 0.3) is 0 Å². The zero-order valence-electron chi connectivity index (χ0n) is 15.8. The number of hydrogen-bond donors (Lipinski definition) is 2. The highest BCUT2D eigenvalue weighted by molar-refractivity contribution is 14.0. The molecule has 0 aliphatic carbocycles. The molecule has 0 aromatic carbocycles. The van der Waals surface area contributed by atoms with Crippen molar-refractivity contribution >= 4 is 29.9 Å². The first-order chi connectivity index (χ1) is 11.7. The van der Waals surface area contributed by atoms with Crippen LogP contribution >= 0.6 is 24.0 Å². The monoisotopic (exact) mass is 463 g/mol. The lowest BCUT2D eigenvalue weighted by Gasteiger charge is -2.34. The van der Waals surface area contributed by atoms with Crippen molar-refractivity contribution in [2.45, 2.75) is 52.1 Å². The Morgan fingerprint density at radius 1 is 1.20 bits per heavy atom. The van der Waals surface area contributed by atoms with Crippen molar-refractivity contribution in [2.75, 3.05) is 33.2 Å². The summed E-state index contributed by atoms with van der Waals surface area (Å²) in [4.78, 5) is 6.93. The van der Waals surface area contributed by atoms with Crippen LogP contribution < -0.4 is 10.6 Å². The van der Waals surface area contributed by atoms with Gasteiger partial charge in [0.1, 0.15) is 12.7 Å². The average molecular weight is 463 g/mol. The van der Waals surface area contributed by atoms with Gasteiger partial charge in [-0.1, -0.05) is 13.8 Å². The second kappa shape index (κ2) is 12.5. The van der Waals surface area contributed by atoms with Crippen LogP contribution in [0, 0.1) is 5.92 Å². The molecule has 7 nitrogen and oxygen atoms in total. The van der Waals surface area contributed by atoms with Crippen LogP contribution in [0.1, 0.15) is 39.5 Å². The van der Waals surface area contributed by atoms with Gasteiger partial charge in [0, 0.05) is 45.8 Å². The third-order valence-corrected chi connectivity index (χ3v) is 4.38. The van der Waals surface area contributed by atoms with Gasteiger partial charge in [-0.3, -0.25) is 4.99 Å². The Hall–Kier alpha value is -0.900. The van der Waals surface area contributed by atoms with Crippen LogP contribution in [0.3, 0.4) is 0 Å². The van der Waals surface area contributed by atoms with E-state index in [9.17, 15) is 0 Å². The lowest BCUT2D eigenvalue weighted by molar-refractivity contribution is 0.187. The van der Waals surface area contributed by atoms with E-state index in [-0.39, 0.29) is 24.0 Å². The maximum absolute atomic E-state index is 4.35. The topological polar surface area (TPSA) is 70.4 Å². The third-order valence-electron chi connectivity index (χ3n) is 4.38. The van der Waals surface area contributed by atoms with Crippen LogP contribution in [0.15, 0.2) is 17.6 Å². The van der Waals surface area contributed by atoms with Crippen molar-refractivity contribution in [1.29, 1.82) is 0 Å². The summed E-state index contributed by atoms with van der Waals surface area (Å²) in [6, 6.07) is 0.539. The largest absolute Gasteiger partial charge is 0.356 e. The molecule has 1 aliphatic rings. The lowest BCUT2D eigenvalue weighted by atomic mass is 10.0. The molecule has 1 saturated heterocycles. The Labute approximate surface area is 169 Å². The molecular weight excluding hydrogens is 429 g/mol. The molecule has 8 heteroatoms. The average Bonchev–Trinajstić information content (AvgIpc) is 3.08. The molecule has 0 radical (unpaired) electrons. The predicted octanol–water partition coefficient (Wildman–Crippen LogP) is 1.96. The Bertz CT molecular complexity index is 467. The van der Waals surface area contributed by atoms with E-state index in [0.29, 0.717) is 6.04 Å². The molecule has 1 aliphatic heterocycles. The smallest absolute Gasteiger partial charge is 0.191 e. The summed E-state index contributed by atoms with van der Waals surface area (Å²) in [5, 5.41) is 14.6. The van der Waals surface area contributed by atoms with Gasteiger partial charge in [0.05, 0.1) is 0 Å². The van der Waals surface area contributed by atoms with E-state index in [1.54, 1.807) is 12.7 Å². The van der Waals surface area contributed by atoms with Gasteiger partial charge in [-0.25, -0.2) is 0 Å². The molecule has 1 fully saturated rings. The number of nitrogens with zero attached hydrogens (tertiary/aromatic N) is 5. The maximum atomic E-state index is 4.35. The number of aryl methyl sites for hydroxylation is 1. The Morgan fingerprint density at radius 3 is 2.48 bits per heavy atom. The fraction of sp³-hybridized carbons (Fsp3) is 0.824. The van der Waals surface area contributed by atoms with E-state index < -0.39 is 0 Å². The summed E-state index contributed by atoms with van der Waals surface area (Å²) < 4.78 is 2.01. The second-order valence-electron chi connectivity index (χ2n) is 7.02. The van der Waals surface area contributed by atoms with E-state index in [1.807, 2.05) is 11.6 Å². The number of rotatable bonds is 8. The highest BCUT2D eigenvalue weighted by atomic mass is 127. The minimum atomic E-state index is 0. The Balaban J connectivity index is 0.00000312. The quantitative estimate of drug-likeness (QED) is 0.267. The third kappa shape index (κ3) is 8.84. The van der Waals surface area contributed by atoms with Crippen LogP contribution in [0.4, 0.5) is 0 Å². The molecule has 0 spiro atoms. The standard InChI is InChI=1S/C17H33N7.HI/c1-15(2)12-23-10-6-16(7-11-23)22-17(18-3)19-8-4-5-9-24-13-20-21-14-24;/h13-16H,4-12H2,1-3H3,(H2,18,19,22);1H. The van der Waals surface area contributed by atoms with Crippen molar-refractivity contribution in [3.63, 3.8) is 0 Å². The van der Waals surface area contributed by atoms with Gasteiger partial charge in [0.25, 0.3) is 0 Å². The summed E-state index contributed by atoms with van der Waals surface area (Å²) in [5.74, 6) is 1.68. The van der Waals surface area contributed by atoms with Crippen LogP contribution in [0.5, 0.6) is 0 Å². The van der Waals surface area contributed by atoms with E-state index in [4.69, 9.17) is 0 Å². The van der Waals surface area contributed by atoms with Gasteiger partial charge in [-0.15, -0.1) is 34.2 Å². The normalized spacial score (nSPS) is 16.7. The van der Waals surface area contributed by atoms with Crippen molar-refractivity contribution in [2.24, 2.45) is 10.9 Å². The minimum Gasteiger partial charge on any atom is -0.356 e. The first-order valence-corrected chi connectivity index (χ1v) is 9.19. The van der Waals surface area contributed by atoms with Crippen LogP contribution in [0.2, 0.25) is 0 Å². The van der Waals surface area contributed by atoms with Gasteiger partial charge in [-0.2, -0.15) is 0 Å². The van der Waals surface area contributed by atoms with Gasteiger partial charge in [0.2, 0.25) is 0 Å². The lowest BCUT2D eigenvalue weighted by Crippen LogP contribution is -2.49. The number of hydrogen-bond acceptors (Lipinski definition) is 4. The van der Waals surface area contributed by atoms with Gasteiger partial charge >= 0.3 is 0 Å². The summed E-state index contributed by atoms with van der Waals surface area (Å²) in [7, 11) is 1.85. The van der Waals surface area contributed by atoms with E-state index >= 15 is 0 Å². The number of nitrogens with one attached hydrogen (secondary N) is 2. The highest BCUT2D eigenvalue weighted by Gasteiger charge is 2.20. The highest BCUT2D eigenvalue weighted by Crippen LogP contribution is 2.11. The van der Waals surface area contributed by atoms with Gasteiger partial charge in [0.15, 0.2) is 5.96 Å². The minimum absolute atomic E-state index is 0. The summed E-state index contributed by atoms with van der Waals surface area (Å²) >= 11 is 0. The molecule has 0 unspecified atom stereocenters. The summed E-state index contributed by atoms with van der Waals surface area (Å²) in [5.41, 5.74) is 0. The fourth-order valence-corrected chi connectivity index (χ4v) is 3.13. The molecule has 1 aromatic rings. The molecule has 0 amide bonds. The molecule has 2 N–H and O–H groups in total. The van der Waals surface area contributed by atoms with Crippen molar-refractivity contribution in [3.05, 3.63) is 12.7 Å². The molecule has 0 saturated carbocycles. The maximum Gasteiger partial charge on any atom is 0.191 e. The van der Waals surface area contributed by atoms with Gasteiger partial charge in [-0.05, 0) is 31.6 Å². The van der Waals surface area contributed by atoms with Crippen LogP contribution in [-0.2, 0) is 6.54 Å². The first-order valence-electron chi connectivity index (χ1n) is 9.19. The zero-order valence-corrected chi connectivity index (χ0v) is 18.1. The molecule has 2 rings (SSSR count). The number of aliphatic imine (C=N–C) groups is 1. The number of likely N-dealkylation sites (tertiary alicyclic amines) is 1. The number of aromatic nitrogens is 3. The molecule has 144 valence electrons. The van der Waals surface area contributed by atoms with Crippen molar-refractivity contribution in [3.8, 4) is 0 Å².